The number of carbonyl (C=O) groups is 2. The lowest BCUT2D eigenvalue weighted by Gasteiger charge is -2.22. The molecule has 0 heterocycles. The number of amides is 1. The van der Waals surface area contributed by atoms with Gasteiger partial charge in [0.05, 0.1) is 18.3 Å². The fourth-order valence-corrected chi connectivity index (χ4v) is 3.03. The predicted molar refractivity (Wildman–Crippen MR) is 75.3 cm³/mol. The van der Waals surface area contributed by atoms with Gasteiger partial charge in [0.15, 0.2) is 0 Å². The molecular weight excluding hydrogens is 266 g/mol. The number of methoxy groups -OCH3 is 1. The van der Waals surface area contributed by atoms with Crippen LogP contribution < -0.4 is 5.32 Å². The molecule has 2 unspecified atom stereocenters. The van der Waals surface area contributed by atoms with Crippen molar-refractivity contribution in [3.63, 3.8) is 0 Å². The van der Waals surface area contributed by atoms with E-state index in [1.807, 2.05) is 0 Å². The van der Waals surface area contributed by atoms with Crippen molar-refractivity contribution in [3.05, 3.63) is 0 Å². The van der Waals surface area contributed by atoms with E-state index < -0.39 is 11.9 Å². The number of carbonyl (C=O) groups excluding carboxylic acids is 1. The average Bonchev–Trinajstić information content (AvgIpc) is 2.60. The maximum atomic E-state index is 11.8. The quantitative estimate of drug-likeness (QED) is 0.549. The Kier molecular flexibility index (Phi) is 7.90. The van der Waals surface area contributed by atoms with E-state index in [1.54, 1.807) is 7.11 Å². The van der Waals surface area contributed by atoms with Crippen LogP contribution >= 0.6 is 11.8 Å². The van der Waals surface area contributed by atoms with Gasteiger partial charge in [-0.25, -0.2) is 0 Å². The molecule has 0 aromatic carbocycles. The van der Waals surface area contributed by atoms with Gasteiger partial charge in [-0.1, -0.05) is 19.3 Å². The Labute approximate surface area is 118 Å². The molecule has 110 valence electrons. The molecule has 1 amide bonds. The molecule has 5 nitrogen and oxygen atoms in total. The molecule has 0 saturated heterocycles. The molecule has 1 aliphatic rings. The van der Waals surface area contributed by atoms with Crippen molar-refractivity contribution in [2.75, 3.05) is 25.2 Å². The highest BCUT2D eigenvalue weighted by Crippen LogP contribution is 2.23. The van der Waals surface area contributed by atoms with Gasteiger partial charge >= 0.3 is 5.97 Å². The van der Waals surface area contributed by atoms with Crippen LogP contribution in [0, 0.1) is 5.92 Å². The number of aliphatic carboxylic acids is 1. The summed E-state index contributed by atoms with van der Waals surface area (Å²) in [5.74, 6) is -0.155. The molecule has 1 saturated carbocycles. The SMILES string of the molecule is COCCSCC(=O)NC1CCCCCC1C(=O)O. The van der Waals surface area contributed by atoms with E-state index in [1.165, 1.54) is 11.8 Å². The number of carboxylic acids is 1. The molecule has 0 radical (unpaired) electrons. The monoisotopic (exact) mass is 289 g/mol. The molecule has 0 aliphatic heterocycles. The minimum Gasteiger partial charge on any atom is -0.481 e. The number of thioether (sulfide) groups is 1. The first-order valence-electron chi connectivity index (χ1n) is 6.74. The van der Waals surface area contributed by atoms with Crippen LogP contribution in [0.2, 0.25) is 0 Å². The highest BCUT2D eigenvalue weighted by Gasteiger charge is 2.30. The van der Waals surface area contributed by atoms with Gasteiger partial charge in [-0.15, -0.1) is 11.8 Å². The van der Waals surface area contributed by atoms with Crippen LogP contribution in [0.3, 0.4) is 0 Å². The zero-order chi connectivity index (χ0) is 14.1. The highest BCUT2D eigenvalue weighted by atomic mass is 32.2. The van der Waals surface area contributed by atoms with Gasteiger partial charge in [-0.05, 0) is 12.8 Å². The molecule has 2 atom stereocenters. The number of hydrogen-bond acceptors (Lipinski definition) is 4. The van der Waals surface area contributed by atoms with E-state index in [9.17, 15) is 14.7 Å². The molecule has 1 rings (SSSR count). The van der Waals surface area contributed by atoms with Gasteiger partial charge in [0.2, 0.25) is 5.91 Å². The summed E-state index contributed by atoms with van der Waals surface area (Å²) in [6, 6.07) is -0.212. The first-order valence-corrected chi connectivity index (χ1v) is 7.89. The second-order valence-electron chi connectivity index (χ2n) is 4.80. The fraction of sp³-hybridized carbons (Fsp3) is 0.846. The number of carboxylic acid groups (broad SMARTS) is 1. The van der Waals surface area contributed by atoms with Crippen LogP contribution in [0.25, 0.3) is 0 Å². The van der Waals surface area contributed by atoms with Gasteiger partial charge in [0.25, 0.3) is 0 Å². The average molecular weight is 289 g/mol. The van der Waals surface area contributed by atoms with E-state index in [4.69, 9.17) is 4.74 Å². The Bertz CT molecular complexity index is 298. The Balaban J connectivity index is 2.38. The summed E-state index contributed by atoms with van der Waals surface area (Å²) in [5.41, 5.74) is 0. The summed E-state index contributed by atoms with van der Waals surface area (Å²) < 4.78 is 4.91. The fourth-order valence-electron chi connectivity index (χ4n) is 2.33. The molecule has 6 heteroatoms. The summed E-state index contributed by atoms with van der Waals surface area (Å²) in [6.45, 7) is 0.624. The lowest BCUT2D eigenvalue weighted by atomic mass is 9.95. The molecule has 19 heavy (non-hydrogen) atoms. The van der Waals surface area contributed by atoms with Gasteiger partial charge < -0.3 is 15.2 Å². The van der Waals surface area contributed by atoms with Gasteiger partial charge in [0.1, 0.15) is 0 Å². The summed E-state index contributed by atoms with van der Waals surface area (Å²) in [7, 11) is 1.63. The van der Waals surface area contributed by atoms with E-state index in [0.29, 0.717) is 18.8 Å². The molecule has 0 spiro atoms. The van der Waals surface area contributed by atoms with Gasteiger partial charge in [-0.2, -0.15) is 0 Å². The maximum absolute atomic E-state index is 11.8. The standard InChI is InChI=1S/C13H23NO4S/c1-18-7-8-19-9-12(15)14-11-6-4-2-3-5-10(11)13(16)17/h10-11H,2-9H2,1H3,(H,14,15)(H,16,17). The normalized spacial score (nSPS) is 23.6. The van der Waals surface area contributed by atoms with E-state index in [0.717, 1.165) is 31.4 Å². The van der Waals surface area contributed by atoms with Crippen molar-refractivity contribution in [3.8, 4) is 0 Å². The molecule has 1 fully saturated rings. The number of nitrogens with one attached hydrogen (secondary N) is 1. The van der Waals surface area contributed by atoms with Crippen molar-refractivity contribution in [1.29, 1.82) is 0 Å². The van der Waals surface area contributed by atoms with Crippen LogP contribution in [0.1, 0.15) is 32.1 Å². The van der Waals surface area contributed by atoms with Crippen molar-refractivity contribution >= 4 is 23.6 Å². The van der Waals surface area contributed by atoms with Crippen LogP contribution in [-0.2, 0) is 14.3 Å². The summed E-state index contributed by atoms with van der Waals surface area (Å²) >= 11 is 1.50. The van der Waals surface area contributed by atoms with Crippen molar-refractivity contribution in [1.82, 2.24) is 5.32 Å². The van der Waals surface area contributed by atoms with E-state index >= 15 is 0 Å². The second-order valence-corrected chi connectivity index (χ2v) is 5.91. The third-order valence-corrected chi connectivity index (χ3v) is 4.27. The smallest absolute Gasteiger partial charge is 0.308 e. The third-order valence-electron chi connectivity index (χ3n) is 3.34. The second kappa shape index (κ2) is 9.20. The molecule has 2 N–H and O–H groups in total. The van der Waals surface area contributed by atoms with E-state index in [-0.39, 0.29) is 11.9 Å². The van der Waals surface area contributed by atoms with E-state index in [2.05, 4.69) is 5.32 Å². The van der Waals surface area contributed by atoms with Crippen molar-refractivity contribution < 1.29 is 19.4 Å². The van der Waals surface area contributed by atoms with Crippen molar-refractivity contribution in [2.24, 2.45) is 5.92 Å². The minimum absolute atomic E-state index is 0.0701. The largest absolute Gasteiger partial charge is 0.481 e. The Morgan fingerprint density at radius 2 is 2.05 bits per heavy atom. The molecular formula is C13H23NO4S. The molecule has 0 bridgehead atoms. The van der Waals surface area contributed by atoms with Crippen LogP contribution in [0.5, 0.6) is 0 Å². The maximum Gasteiger partial charge on any atom is 0.308 e. The number of rotatable bonds is 7. The molecule has 0 aromatic heterocycles. The lowest BCUT2D eigenvalue weighted by Crippen LogP contribution is -2.43. The summed E-state index contributed by atoms with van der Waals surface area (Å²) in [6.07, 6.45) is 4.42. The Hall–Kier alpha value is -0.750. The summed E-state index contributed by atoms with van der Waals surface area (Å²) in [5, 5.41) is 12.1. The molecule has 1 aliphatic carbocycles. The zero-order valence-corrected chi connectivity index (χ0v) is 12.2. The topological polar surface area (TPSA) is 75.6 Å². The van der Waals surface area contributed by atoms with Gasteiger partial charge in [-0.3, -0.25) is 9.59 Å². The van der Waals surface area contributed by atoms with Crippen LogP contribution in [0.4, 0.5) is 0 Å². The third kappa shape index (κ3) is 6.29. The first-order chi connectivity index (χ1) is 9.15. The highest BCUT2D eigenvalue weighted by molar-refractivity contribution is 7.99. The number of ether oxygens (including phenoxy) is 1. The minimum atomic E-state index is -0.792. The first kappa shape index (κ1) is 16.3. The van der Waals surface area contributed by atoms with Gasteiger partial charge in [0, 0.05) is 18.9 Å². The predicted octanol–water partition coefficient (Wildman–Crippen LogP) is 1.52. The van der Waals surface area contributed by atoms with Crippen LogP contribution in [-0.4, -0.2) is 48.2 Å². The number of hydrogen-bond donors (Lipinski definition) is 2. The van der Waals surface area contributed by atoms with Crippen molar-refractivity contribution in [2.45, 2.75) is 38.1 Å². The molecule has 0 aromatic rings. The lowest BCUT2D eigenvalue weighted by molar-refractivity contribution is -0.143. The van der Waals surface area contributed by atoms with Crippen LogP contribution in [0.15, 0.2) is 0 Å². The Morgan fingerprint density at radius 3 is 2.74 bits per heavy atom. The summed E-state index contributed by atoms with van der Waals surface area (Å²) in [4.78, 5) is 23.0. The Morgan fingerprint density at radius 1 is 1.32 bits per heavy atom. The zero-order valence-electron chi connectivity index (χ0n) is 11.4.